The number of likely N-dealkylation sites (N-methyl/N-ethyl adjacent to an activating group) is 1. The number of benzene rings is 1. The van der Waals surface area contributed by atoms with Gasteiger partial charge in [-0.25, -0.2) is 0 Å². The van der Waals surface area contributed by atoms with Gasteiger partial charge in [-0.1, -0.05) is 19.1 Å². The van der Waals surface area contributed by atoms with E-state index in [1.54, 1.807) is 7.11 Å². The molecule has 1 aromatic rings. The van der Waals surface area contributed by atoms with Gasteiger partial charge >= 0.3 is 0 Å². The standard InChI is InChI=1S/C17H31N3O/c1-5-11-20(13-12-19(2)3)17-8-6-16(7-9-17)15-18-10-14-21-4/h6-9,18H,5,10-15H2,1-4H3. The van der Waals surface area contributed by atoms with Gasteiger partial charge in [0.25, 0.3) is 0 Å². The Morgan fingerprint density at radius 1 is 1.05 bits per heavy atom. The third-order valence-electron chi connectivity index (χ3n) is 3.42. The summed E-state index contributed by atoms with van der Waals surface area (Å²) in [7, 11) is 5.98. The Balaban J connectivity index is 2.52. The molecule has 0 fully saturated rings. The third kappa shape index (κ3) is 7.46. The molecule has 0 aliphatic heterocycles. The maximum atomic E-state index is 5.03. The molecule has 0 saturated heterocycles. The molecule has 0 saturated carbocycles. The number of nitrogens with zero attached hydrogens (tertiary/aromatic N) is 2. The number of hydrogen-bond acceptors (Lipinski definition) is 4. The van der Waals surface area contributed by atoms with Crippen molar-refractivity contribution in [2.24, 2.45) is 0 Å². The second-order valence-corrected chi connectivity index (χ2v) is 5.63. The number of nitrogens with one attached hydrogen (secondary N) is 1. The highest BCUT2D eigenvalue weighted by Gasteiger charge is 2.06. The van der Waals surface area contributed by atoms with Crippen LogP contribution in [0.15, 0.2) is 24.3 Å². The number of methoxy groups -OCH3 is 1. The molecule has 1 aromatic carbocycles. The molecule has 0 spiro atoms. The number of anilines is 1. The normalized spacial score (nSPS) is 11.1. The van der Waals surface area contributed by atoms with E-state index in [2.05, 4.69) is 60.4 Å². The van der Waals surface area contributed by atoms with E-state index < -0.39 is 0 Å². The van der Waals surface area contributed by atoms with Crippen molar-refractivity contribution in [1.82, 2.24) is 10.2 Å². The summed E-state index contributed by atoms with van der Waals surface area (Å²) in [6.45, 7) is 8.05. The van der Waals surface area contributed by atoms with Crippen molar-refractivity contribution in [3.05, 3.63) is 29.8 Å². The molecule has 0 aliphatic carbocycles. The van der Waals surface area contributed by atoms with Crippen LogP contribution in [0, 0.1) is 0 Å². The summed E-state index contributed by atoms with van der Waals surface area (Å²) in [6, 6.07) is 8.90. The fraction of sp³-hybridized carbons (Fsp3) is 0.647. The first-order chi connectivity index (χ1) is 10.2. The van der Waals surface area contributed by atoms with Crippen LogP contribution >= 0.6 is 0 Å². The van der Waals surface area contributed by atoms with Crippen LogP contribution in [0.5, 0.6) is 0 Å². The zero-order valence-electron chi connectivity index (χ0n) is 14.1. The second-order valence-electron chi connectivity index (χ2n) is 5.63. The summed E-state index contributed by atoms with van der Waals surface area (Å²) in [4.78, 5) is 4.69. The summed E-state index contributed by atoms with van der Waals surface area (Å²) in [5, 5.41) is 3.37. The number of ether oxygens (including phenoxy) is 1. The van der Waals surface area contributed by atoms with Gasteiger partial charge < -0.3 is 19.9 Å². The first-order valence-corrected chi connectivity index (χ1v) is 7.85. The van der Waals surface area contributed by atoms with Gasteiger partial charge in [0.05, 0.1) is 6.61 Å². The van der Waals surface area contributed by atoms with Crippen LogP contribution in [0.4, 0.5) is 5.69 Å². The van der Waals surface area contributed by atoms with Gasteiger partial charge in [-0.15, -0.1) is 0 Å². The van der Waals surface area contributed by atoms with Crippen LogP contribution in [0.1, 0.15) is 18.9 Å². The average molecular weight is 293 g/mol. The summed E-state index contributed by atoms with van der Waals surface area (Å²) < 4.78 is 5.03. The van der Waals surface area contributed by atoms with Gasteiger partial charge in [0, 0.05) is 45.5 Å². The molecule has 120 valence electrons. The van der Waals surface area contributed by atoms with E-state index in [0.29, 0.717) is 0 Å². The largest absolute Gasteiger partial charge is 0.383 e. The highest BCUT2D eigenvalue weighted by molar-refractivity contribution is 5.47. The smallest absolute Gasteiger partial charge is 0.0587 e. The van der Waals surface area contributed by atoms with Crippen LogP contribution in [-0.2, 0) is 11.3 Å². The van der Waals surface area contributed by atoms with Crippen LogP contribution in [0.25, 0.3) is 0 Å². The van der Waals surface area contributed by atoms with Crippen molar-refractivity contribution in [3.63, 3.8) is 0 Å². The molecule has 0 aromatic heterocycles. The molecule has 0 amide bonds. The molecule has 0 unspecified atom stereocenters. The molecule has 4 nitrogen and oxygen atoms in total. The van der Waals surface area contributed by atoms with Crippen molar-refractivity contribution in [1.29, 1.82) is 0 Å². The quantitative estimate of drug-likeness (QED) is 0.633. The Labute approximate surface area is 130 Å². The van der Waals surface area contributed by atoms with Crippen molar-refractivity contribution < 1.29 is 4.74 Å². The Bertz CT molecular complexity index is 365. The summed E-state index contributed by atoms with van der Waals surface area (Å²) in [5.74, 6) is 0. The van der Waals surface area contributed by atoms with Gasteiger partial charge in [-0.2, -0.15) is 0 Å². The van der Waals surface area contributed by atoms with Crippen LogP contribution in [-0.4, -0.2) is 58.9 Å². The van der Waals surface area contributed by atoms with E-state index in [1.165, 1.54) is 17.7 Å². The van der Waals surface area contributed by atoms with Gasteiger partial charge in [-0.3, -0.25) is 0 Å². The Morgan fingerprint density at radius 2 is 1.76 bits per heavy atom. The molecule has 4 heteroatoms. The van der Waals surface area contributed by atoms with E-state index in [1.807, 2.05) is 0 Å². The van der Waals surface area contributed by atoms with Crippen molar-refractivity contribution >= 4 is 5.69 Å². The molecule has 0 heterocycles. The topological polar surface area (TPSA) is 27.7 Å². The molecule has 0 atom stereocenters. The highest BCUT2D eigenvalue weighted by Crippen LogP contribution is 2.15. The fourth-order valence-corrected chi connectivity index (χ4v) is 2.19. The fourth-order valence-electron chi connectivity index (χ4n) is 2.19. The lowest BCUT2D eigenvalue weighted by molar-refractivity contribution is 0.199. The van der Waals surface area contributed by atoms with E-state index in [-0.39, 0.29) is 0 Å². The van der Waals surface area contributed by atoms with Crippen molar-refractivity contribution in [2.45, 2.75) is 19.9 Å². The highest BCUT2D eigenvalue weighted by atomic mass is 16.5. The Kier molecular flexibility index (Phi) is 9.06. The minimum Gasteiger partial charge on any atom is -0.383 e. The first kappa shape index (κ1) is 18.0. The number of rotatable bonds is 11. The molecule has 21 heavy (non-hydrogen) atoms. The maximum absolute atomic E-state index is 5.03. The molecule has 0 radical (unpaired) electrons. The SMILES string of the molecule is CCCN(CCN(C)C)c1ccc(CNCCOC)cc1. The predicted molar refractivity (Wildman–Crippen MR) is 91.1 cm³/mol. The monoisotopic (exact) mass is 293 g/mol. The zero-order chi connectivity index (χ0) is 15.5. The lowest BCUT2D eigenvalue weighted by atomic mass is 10.2. The van der Waals surface area contributed by atoms with Gasteiger partial charge in [0.2, 0.25) is 0 Å². The molecular weight excluding hydrogens is 262 g/mol. The van der Waals surface area contributed by atoms with Crippen molar-refractivity contribution in [3.8, 4) is 0 Å². The molecule has 1 rings (SSSR count). The van der Waals surface area contributed by atoms with E-state index in [4.69, 9.17) is 4.74 Å². The minimum atomic E-state index is 0.757. The van der Waals surface area contributed by atoms with E-state index in [9.17, 15) is 0 Å². The minimum absolute atomic E-state index is 0.757. The Morgan fingerprint density at radius 3 is 2.33 bits per heavy atom. The van der Waals surface area contributed by atoms with Gasteiger partial charge in [0.15, 0.2) is 0 Å². The molecule has 1 N–H and O–H groups in total. The summed E-state index contributed by atoms with van der Waals surface area (Å²) in [6.07, 6.45) is 1.17. The van der Waals surface area contributed by atoms with E-state index in [0.717, 1.165) is 39.3 Å². The van der Waals surface area contributed by atoms with Crippen molar-refractivity contribution in [2.75, 3.05) is 58.9 Å². The molecule has 0 bridgehead atoms. The lowest BCUT2D eigenvalue weighted by Gasteiger charge is -2.26. The molecule has 0 aliphatic rings. The van der Waals surface area contributed by atoms with Crippen LogP contribution < -0.4 is 10.2 Å². The average Bonchev–Trinajstić information content (AvgIpc) is 2.48. The summed E-state index contributed by atoms with van der Waals surface area (Å²) in [5.41, 5.74) is 2.64. The zero-order valence-corrected chi connectivity index (χ0v) is 14.1. The van der Waals surface area contributed by atoms with Gasteiger partial charge in [-0.05, 0) is 38.2 Å². The van der Waals surface area contributed by atoms with Crippen LogP contribution in [0.3, 0.4) is 0 Å². The van der Waals surface area contributed by atoms with Crippen LogP contribution in [0.2, 0.25) is 0 Å². The predicted octanol–water partition coefficient (Wildman–Crippen LogP) is 2.20. The first-order valence-electron chi connectivity index (χ1n) is 7.85. The third-order valence-corrected chi connectivity index (χ3v) is 3.42. The van der Waals surface area contributed by atoms with Gasteiger partial charge in [0.1, 0.15) is 0 Å². The Hall–Kier alpha value is -1.10. The van der Waals surface area contributed by atoms with E-state index >= 15 is 0 Å². The maximum Gasteiger partial charge on any atom is 0.0587 e. The lowest BCUT2D eigenvalue weighted by Crippen LogP contribution is -2.32. The molecular formula is C17H31N3O. The summed E-state index contributed by atoms with van der Waals surface area (Å²) >= 11 is 0. The number of hydrogen-bond donors (Lipinski definition) is 1. The second kappa shape index (κ2) is 10.6.